The van der Waals surface area contributed by atoms with Gasteiger partial charge in [-0.3, -0.25) is 0 Å². The summed E-state index contributed by atoms with van der Waals surface area (Å²) in [6.45, 7) is 2.05. The lowest BCUT2D eigenvalue weighted by Gasteiger charge is -2.06. The molecule has 0 amide bonds. The second kappa shape index (κ2) is 4.68. The zero-order valence-corrected chi connectivity index (χ0v) is 8.84. The lowest BCUT2D eigenvalue weighted by Crippen LogP contribution is -2.11. The molecule has 5 nitrogen and oxygen atoms in total. The Hall–Kier alpha value is -0.720. The van der Waals surface area contributed by atoms with E-state index < -0.39 is 0 Å². The van der Waals surface area contributed by atoms with Crippen molar-refractivity contribution in [1.29, 1.82) is 0 Å². The Morgan fingerprint density at radius 1 is 1.64 bits per heavy atom. The molecule has 0 bridgehead atoms. The van der Waals surface area contributed by atoms with Gasteiger partial charge in [0.1, 0.15) is 11.6 Å². The molecule has 78 valence electrons. The maximum atomic E-state index is 5.60. The van der Waals surface area contributed by atoms with Gasteiger partial charge in [0.05, 0.1) is 12.7 Å². The Morgan fingerprint density at radius 3 is 3.21 bits per heavy atom. The average Bonchev–Trinajstić information content (AvgIpc) is 2.86. The number of rotatable bonds is 4. The third-order valence-electron chi connectivity index (χ3n) is 2.01. The van der Waals surface area contributed by atoms with Crippen molar-refractivity contribution in [2.75, 3.05) is 25.6 Å². The molecule has 1 aromatic rings. The van der Waals surface area contributed by atoms with Crippen LogP contribution in [0.5, 0.6) is 0 Å². The summed E-state index contributed by atoms with van der Waals surface area (Å²) in [5, 5.41) is 12.6. The zero-order valence-electron chi connectivity index (χ0n) is 8.02. The smallest absolute Gasteiger partial charge is 0.205 e. The lowest BCUT2D eigenvalue weighted by atomic mass is 10.3. The van der Waals surface area contributed by atoms with Crippen LogP contribution in [0.1, 0.15) is 11.4 Å². The molecule has 2 rings (SSSR count). The van der Waals surface area contributed by atoms with Crippen LogP contribution < -0.4 is 5.32 Å². The molecular formula is C8H13N3O2S. The van der Waals surface area contributed by atoms with Gasteiger partial charge >= 0.3 is 0 Å². The van der Waals surface area contributed by atoms with Gasteiger partial charge in [-0.15, -0.1) is 10.2 Å². The minimum absolute atomic E-state index is 0.233. The number of hydrogen-bond donors (Lipinski definition) is 1. The van der Waals surface area contributed by atoms with Crippen molar-refractivity contribution in [1.82, 2.24) is 10.2 Å². The van der Waals surface area contributed by atoms with Crippen molar-refractivity contribution in [2.24, 2.45) is 0 Å². The molecule has 1 atom stereocenters. The van der Waals surface area contributed by atoms with Gasteiger partial charge in [-0.1, -0.05) is 11.3 Å². The normalized spacial score (nSPS) is 21.4. The second-order valence-corrected chi connectivity index (χ2v) is 4.11. The van der Waals surface area contributed by atoms with Crippen molar-refractivity contribution >= 4 is 16.5 Å². The maximum Gasteiger partial charge on any atom is 0.205 e. The molecule has 14 heavy (non-hydrogen) atoms. The van der Waals surface area contributed by atoms with Gasteiger partial charge in [-0.25, -0.2) is 0 Å². The van der Waals surface area contributed by atoms with E-state index in [1.54, 1.807) is 0 Å². The fourth-order valence-corrected chi connectivity index (χ4v) is 1.86. The molecule has 2 heterocycles. The van der Waals surface area contributed by atoms with E-state index in [-0.39, 0.29) is 6.10 Å². The van der Waals surface area contributed by atoms with E-state index >= 15 is 0 Å². The molecule has 0 aromatic carbocycles. The number of anilines is 1. The predicted molar refractivity (Wildman–Crippen MR) is 53.5 cm³/mol. The van der Waals surface area contributed by atoms with Gasteiger partial charge in [0, 0.05) is 13.7 Å². The third kappa shape index (κ3) is 2.40. The van der Waals surface area contributed by atoms with Crippen LogP contribution in [0.2, 0.25) is 0 Å². The number of nitrogens with one attached hydrogen (secondary N) is 1. The Labute approximate surface area is 86.4 Å². The van der Waals surface area contributed by atoms with Crippen LogP contribution >= 0.6 is 11.3 Å². The van der Waals surface area contributed by atoms with Crippen LogP contribution in [0, 0.1) is 0 Å². The summed E-state index contributed by atoms with van der Waals surface area (Å²) in [7, 11) is 1.83. The molecule has 0 aliphatic carbocycles. The average molecular weight is 215 g/mol. The number of ether oxygens (including phenoxy) is 2. The number of nitrogens with zero attached hydrogens (tertiary/aromatic N) is 2. The fraction of sp³-hybridized carbons (Fsp3) is 0.750. The van der Waals surface area contributed by atoms with E-state index in [2.05, 4.69) is 15.5 Å². The van der Waals surface area contributed by atoms with Gasteiger partial charge in [0.2, 0.25) is 5.13 Å². The van der Waals surface area contributed by atoms with Crippen molar-refractivity contribution in [3.63, 3.8) is 0 Å². The lowest BCUT2D eigenvalue weighted by molar-refractivity contribution is 0.0314. The summed E-state index contributed by atoms with van der Waals surface area (Å²) in [5.74, 6) is 0. The summed E-state index contributed by atoms with van der Waals surface area (Å²) >= 11 is 1.52. The molecule has 1 aliphatic heterocycles. The van der Waals surface area contributed by atoms with Gasteiger partial charge in [0.25, 0.3) is 0 Å². The van der Waals surface area contributed by atoms with Crippen molar-refractivity contribution in [2.45, 2.75) is 19.1 Å². The zero-order chi connectivity index (χ0) is 9.80. The highest BCUT2D eigenvalue weighted by molar-refractivity contribution is 7.15. The molecule has 1 saturated heterocycles. The van der Waals surface area contributed by atoms with Gasteiger partial charge in [-0.05, 0) is 6.42 Å². The number of aromatic nitrogens is 2. The fourth-order valence-electron chi connectivity index (χ4n) is 1.25. The molecule has 1 fully saturated rings. The van der Waals surface area contributed by atoms with Crippen LogP contribution in [0.15, 0.2) is 0 Å². The molecule has 0 radical (unpaired) electrons. The van der Waals surface area contributed by atoms with Crippen LogP contribution in [0.25, 0.3) is 0 Å². The van der Waals surface area contributed by atoms with E-state index in [1.165, 1.54) is 11.3 Å². The molecule has 6 heteroatoms. The predicted octanol–water partition coefficient (Wildman–Crippen LogP) is 0.885. The van der Waals surface area contributed by atoms with Gasteiger partial charge < -0.3 is 14.8 Å². The van der Waals surface area contributed by atoms with Crippen LogP contribution in [-0.4, -0.2) is 36.6 Å². The SMILES string of the molecule is CNc1nnc(COC2CCOC2)s1. The first-order valence-corrected chi connectivity index (χ1v) is 5.39. The first kappa shape index (κ1) is 9.82. The highest BCUT2D eigenvalue weighted by Gasteiger charge is 2.16. The van der Waals surface area contributed by atoms with Crippen LogP contribution in [0.3, 0.4) is 0 Å². The minimum Gasteiger partial charge on any atom is -0.379 e. The highest BCUT2D eigenvalue weighted by atomic mass is 32.1. The first-order chi connectivity index (χ1) is 6.88. The Kier molecular flexibility index (Phi) is 3.28. The monoisotopic (exact) mass is 215 g/mol. The maximum absolute atomic E-state index is 5.60. The summed E-state index contributed by atoms with van der Waals surface area (Å²) in [4.78, 5) is 0. The van der Waals surface area contributed by atoms with Crippen molar-refractivity contribution in [3.8, 4) is 0 Å². The van der Waals surface area contributed by atoms with E-state index in [0.29, 0.717) is 13.2 Å². The minimum atomic E-state index is 0.233. The van der Waals surface area contributed by atoms with E-state index in [1.807, 2.05) is 7.05 Å². The van der Waals surface area contributed by atoms with Crippen LogP contribution in [-0.2, 0) is 16.1 Å². The largest absolute Gasteiger partial charge is 0.379 e. The molecule has 1 unspecified atom stereocenters. The summed E-state index contributed by atoms with van der Waals surface area (Å²) in [5.41, 5.74) is 0. The van der Waals surface area contributed by atoms with E-state index in [0.717, 1.165) is 23.2 Å². The Morgan fingerprint density at radius 2 is 2.57 bits per heavy atom. The van der Waals surface area contributed by atoms with Gasteiger partial charge in [0.15, 0.2) is 0 Å². The molecule has 1 N–H and O–H groups in total. The van der Waals surface area contributed by atoms with Crippen molar-refractivity contribution in [3.05, 3.63) is 5.01 Å². The summed E-state index contributed by atoms with van der Waals surface area (Å²) < 4.78 is 10.8. The molecular weight excluding hydrogens is 202 g/mol. The molecule has 0 spiro atoms. The van der Waals surface area contributed by atoms with Crippen LogP contribution in [0.4, 0.5) is 5.13 Å². The van der Waals surface area contributed by atoms with E-state index in [4.69, 9.17) is 9.47 Å². The standard InChI is InChI=1S/C8H13N3O2S/c1-9-8-11-10-7(14-8)5-13-6-2-3-12-4-6/h6H,2-5H2,1H3,(H,9,11). The van der Waals surface area contributed by atoms with E-state index in [9.17, 15) is 0 Å². The summed E-state index contributed by atoms with van der Waals surface area (Å²) in [6, 6.07) is 0. The quantitative estimate of drug-likeness (QED) is 0.808. The topological polar surface area (TPSA) is 56.3 Å². The third-order valence-corrected chi connectivity index (χ3v) is 2.93. The van der Waals surface area contributed by atoms with Crippen molar-refractivity contribution < 1.29 is 9.47 Å². The second-order valence-electron chi connectivity index (χ2n) is 3.05. The Balaban J connectivity index is 1.79. The number of hydrogen-bond acceptors (Lipinski definition) is 6. The van der Waals surface area contributed by atoms with Gasteiger partial charge in [-0.2, -0.15) is 0 Å². The first-order valence-electron chi connectivity index (χ1n) is 4.58. The molecule has 1 aliphatic rings. The molecule has 0 saturated carbocycles. The Bertz CT molecular complexity index is 286. The highest BCUT2D eigenvalue weighted by Crippen LogP contribution is 2.17. The summed E-state index contributed by atoms with van der Waals surface area (Å²) in [6.07, 6.45) is 1.22. The molecule has 1 aromatic heterocycles.